The molecule has 1 atom stereocenters. The Balaban J connectivity index is 1.72. The van der Waals surface area contributed by atoms with Gasteiger partial charge in [-0.1, -0.05) is 24.8 Å². The Morgan fingerprint density at radius 1 is 1.50 bits per heavy atom. The molecule has 86 valence electrons. The molecular weight excluding hydrogens is 218 g/mol. The van der Waals surface area contributed by atoms with E-state index in [0.717, 1.165) is 30.4 Å². The fourth-order valence-electron chi connectivity index (χ4n) is 1.51. The Hall–Kier alpha value is -1.03. The lowest BCUT2D eigenvalue weighted by atomic mass is 10.2. The van der Waals surface area contributed by atoms with Crippen LogP contribution >= 0.6 is 11.8 Å². The molecule has 2 heterocycles. The summed E-state index contributed by atoms with van der Waals surface area (Å²) in [6.45, 7) is 4.11. The second-order valence-corrected chi connectivity index (χ2v) is 5.07. The normalized spacial score (nSPS) is 20.3. The van der Waals surface area contributed by atoms with Crippen LogP contribution in [0.4, 0.5) is 0 Å². The second kappa shape index (κ2) is 5.89. The smallest absolute Gasteiger partial charge is 0.156 e. The van der Waals surface area contributed by atoms with Gasteiger partial charge in [0.2, 0.25) is 0 Å². The number of pyridine rings is 1. The Labute approximate surface area is 101 Å². The summed E-state index contributed by atoms with van der Waals surface area (Å²) in [5, 5.41) is 4.46. The molecule has 0 bridgehead atoms. The molecule has 1 unspecified atom stereocenters. The molecule has 0 spiro atoms. The van der Waals surface area contributed by atoms with E-state index in [1.165, 1.54) is 5.75 Å². The van der Waals surface area contributed by atoms with Crippen molar-refractivity contribution in [3.05, 3.63) is 30.1 Å². The largest absolute Gasteiger partial charge is 0.365 e. The summed E-state index contributed by atoms with van der Waals surface area (Å²) >= 11 is 1.82. The van der Waals surface area contributed by atoms with Gasteiger partial charge in [0.15, 0.2) is 5.17 Å². The quantitative estimate of drug-likeness (QED) is 0.870. The summed E-state index contributed by atoms with van der Waals surface area (Å²) in [6.07, 6.45) is 2.79. The molecule has 0 aromatic carbocycles. The van der Waals surface area contributed by atoms with Gasteiger partial charge in [-0.25, -0.2) is 0 Å². The highest BCUT2D eigenvalue weighted by Crippen LogP contribution is 2.15. The van der Waals surface area contributed by atoms with E-state index in [4.69, 9.17) is 0 Å². The van der Waals surface area contributed by atoms with Crippen molar-refractivity contribution in [2.45, 2.75) is 13.3 Å². The number of thioether (sulfide) groups is 1. The number of nitrogens with one attached hydrogen (secondary N) is 1. The average molecular weight is 235 g/mol. The minimum absolute atomic E-state index is 0.714. The summed E-state index contributed by atoms with van der Waals surface area (Å²) < 4.78 is 0. The van der Waals surface area contributed by atoms with Crippen LogP contribution in [0.3, 0.4) is 0 Å². The molecule has 1 aliphatic rings. The fourth-order valence-corrected chi connectivity index (χ4v) is 2.43. The molecule has 0 aliphatic carbocycles. The van der Waals surface area contributed by atoms with Crippen molar-refractivity contribution < 1.29 is 0 Å². The van der Waals surface area contributed by atoms with Crippen molar-refractivity contribution in [3.8, 4) is 0 Å². The molecule has 3 nitrogen and oxygen atoms in total. The summed E-state index contributed by atoms with van der Waals surface area (Å²) in [6, 6.07) is 6.02. The van der Waals surface area contributed by atoms with Crippen LogP contribution in [-0.4, -0.2) is 29.0 Å². The van der Waals surface area contributed by atoms with Crippen LogP contribution in [0.1, 0.15) is 12.6 Å². The number of amidine groups is 1. The first kappa shape index (κ1) is 11.5. The molecule has 1 aromatic rings. The van der Waals surface area contributed by atoms with Gasteiger partial charge in [0.05, 0.1) is 0 Å². The third-order valence-corrected chi connectivity index (χ3v) is 3.72. The van der Waals surface area contributed by atoms with Crippen LogP contribution in [0.25, 0.3) is 0 Å². The zero-order valence-electron chi connectivity index (χ0n) is 9.52. The first-order valence-electron chi connectivity index (χ1n) is 5.65. The molecule has 16 heavy (non-hydrogen) atoms. The number of aliphatic imine (C=N–C) groups is 1. The first-order chi connectivity index (χ1) is 7.84. The summed E-state index contributed by atoms with van der Waals surface area (Å²) in [4.78, 5) is 8.78. The molecule has 1 N–H and O–H groups in total. The molecule has 0 radical (unpaired) electrons. The number of aromatic nitrogens is 1. The van der Waals surface area contributed by atoms with Crippen LogP contribution < -0.4 is 5.32 Å². The lowest BCUT2D eigenvalue weighted by molar-refractivity contribution is 0.668. The van der Waals surface area contributed by atoms with Gasteiger partial charge in [0, 0.05) is 37.2 Å². The van der Waals surface area contributed by atoms with E-state index in [2.05, 4.69) is 28.3 Å². The van der Waals surface area contributed by atoms with Gasteiger partial charge in [0.1, 0.15) is 0 Å². The van der Waals surface area contributed by atoms with Crippen molar-refractivity contribution in [1.29, 1.82) is 0 Å². The van der Waals surface area contributed by atoms with Gasteiger partial charge in [-0.05, 0) is 18.1 Å². The zero-order chi connectivity index (χ0) is 11.2. The molecule has 1 aromatic heterocycles. The lowest BCUT2D eigenvalue weighted by Gasteiger charge is -2.17. The maximum Gasteiger partial charge on any atom is 0.156 e. The van der Waals surface area contributed by atoms with Crippen molar-refractivity contribution in [3.63, 3.8) is 0 Å². The van der Waals surface area contributed by atoms with E-state index in [0.29, 0.717) is 5.92 Å². The monoisotopic (exact) mass is 235 g/mol. The van der Waals surface area contributed by atoms with Gasteiger partial charge in [0.25, 0.3) is 0 Å². The maximum absolute atomic E-state index is 4.49. The molecule has 0 amide bonds. The van der Waals surface area contributed by atoms with Gasteiger partial charge in [-0.2, -0.15) is 0 Å². The predicted molar refractivity (Wildman–Crippen MR) is 69.9 cm³/mol. The Morgan fingerprint density at radius 2 is 2.44 bits per heavy atom. The van der Waals surface area contributed by atoms with E-state index in [1.807, 2.05) is 30.1 Å². The van der Waals surface area contributed by atoms with Crippen LogP contribution in [-0.2, 0) is 6.42 Å². The topological polar surface area (TPSA) is 37.3 Å². The zero-order valence-corrected chi connectivity index (χ0v) is 10.3. The second-order valence-electron chi connectivity index (χ2n) is 4.06. The van der Waals surface area contributed by atoms with Crippen LogP contribution in [0.15, 0.2) is 29.4 Å². The number of hydrogen-bond donors (Lipinski definition) is 1. The SMILES string of the molecule is CC1CN=C(NCCc2ccccn2)SC1. The average Bonchev–Trinajstić information content (AvgIpc) is 2.33. The Morgan fingerprint density at radius 3 is 3.12 bits per heavy atom. The molecule has 1 aliphatic heterocycles. The van der Waals surface area contributed by atoms with Crippen molar-refractivity contribution in [2.24, 2.45) is 10.9 Å². The van der Waals surface area contributed by atoms with E-state index in [9.17, 15) is 0 Å². The predicted octanol–water partition coefficient (Wildman–Crippen LogP) is 1.95. The standard InChI is InChI=1S/C12H17N3S/c1-10-8-15-12(16-9-10)14-7-5-11-4-2-3-6-13-11/h2-4,6,10H,5,7-9H2,1H3,(H,14,15). The first-order valence-corrected chi connectivity index (χ1v) is 6.64. The lowest BCUT2D eigenvalue weighted by Crippen LogP contribution is -2.28. The summed E-state index contributed by atoms with van der Waals surface area (Å²) in [5.74, 6) is 1.89. The number of rotatable bonds is 3. The highest BCUT2D eigenvalue weighted by Gasteiger charge is 2.11. The molecule has 2 rings (SSSR count). The summed E-state index contributed by atoms with van der Waals surface area (Å²) in [7, 11) is 0. The van der Waals surface area contributed by atoms with Crippen LogP contribution in [0, 0.1) is 5.92 Å². The Kier molecular flexibility index (Phi) is 4.22. The van der Waals surface area contributed by atoms with Crippen molar-refractivity contribution >= 4 is 16.9 Å². The van der Waals surface area contributed by atoms with Crippen molar-refractivity contribution in [1.82, 2.24) is 10.3 Å². The van der Waals surface area contributed by atoms with Crippen LogP contribution in [0.5, 0.6) is 0 Å². The number of nitrogens with zero attached hydrogens (tertiary/aromatic N) is 2. The van der Waals surface area contributed by atoms with E-state index >= 15 is 0 Å². The van der Waals surface area contributed by atoms with Crippen molar-refractivity contribution in [2.75, 3.05) is 18.8 Å². The molecular formula is C12H17N3S. The van der Waals surface area contributed by atoms with E-state index in [-0.39, 0.29) is 0 Å². The van der Waals surface area contributed by atoms with Crippen LogP contribution in [0.2, 0.25) is 0 Å². The maximum atomic E-state index is 4.49. The van der Waals surface area contributed by atoms with Gasteiger partial charge in [-0.3, -0.25) is 9.98 Å². The highest BCUT2D eigenvalue weighted by atomic mass is 32.2. The highest BCUT2D eigenvalue weighted by molar-refractivity contribution is 8.13. The van der Waals surface area contributed by atoms with Gasteiger partial charge in [-0.15, -0.1) is 0 Å². The summed E-state index contributed by atoms with van der Waals surface area (Å²) in [5.41, 5.74) is 1.13. The molecule has 0 fully saturated rings. The molecule has 0 saturated heterocycles. The molecule has 0 saturated carbocycles. The third kappa shape index (κ3) is 3.52. The van der Waals surface area contributed by atoms with E-state index < -0.39 is 0 Å². The third-order valence-electron chi connectivity index (χ3n) is 2.43. The number of hydrogen-bond acceptors (Lipinski definition) is 4. The van der Waals surface area contributed by atoms with Gasteiger partial charge >= 0.3 is 0 Å². The minimum atomic E-state index is 0.714. The fraction of sp³-hybridized carbons (Fsp3) is 0.500. The molecule has 4 heteroatoms. The minimum Gasteiger partial charge on any atom is -0.365 e. The van der Waals surface area contributed by atoms with E-state index in [1.54, 1.807) is 0 Å². The Bertz CT molecular complexity index is 351. The van der Waals surface area contributed by atoms with Gasteiger partial charge < -0.3 is 5.32 Å².